The number of hydrogen-bond donors (Lipinski definition) is 1. The van der Waals surface area contributed by atoms with Crippen LogP contribution in [0, 0.1) is 11.7 Å². The van der Waals surface area contributed by atoms with Gasteiger partial charge in [0, 0.05) is 12.2 Å². The molecule has 1 aromatic carbocycles. The summed E-state index contributed by atoms with van der Waals surface area (Å²) in [5.74, 6) is 0.773. The van der Waals surface area contributed by atoms with Crippen molar-refractivity contribution >= 4 is 5.91 Å². The Morgan fingerprint density at radius 3 is 2.58 bits per heavy atom. The Kier molecular flexibility index (Phi) is 6.21. The number of pyridine rings is 1. The molecule has 0 spiro atoms. The van der Waals surface area contributed by atoms with Crippen molar-refractivity contribution in [3.63, 3.8) is 0 Å². The lowest BCUT2D eigenvalue weighted by Crippen LogP contribution is -2.38. The first-order valence-corrected chi connectivity index (χ1v) is 9.26. The second-order valence-corrected chi connectivity index (χ2v) is 6.94. The van der Waals surface area contributed by atoms with Crippen molar-refractivity contribution in [1.82, 2.24) is 10.3 Å². The normalized spacial score (nSPS) is 16.1. The highest BCUT2D eigenvalue weighted by atomic mass is 19.1. The van der Waals surface area contributed by atoms with Gasteiger partial charge in [0.05, 0.1) is 11.3 Å². The van der Waals surface area contributed by atoms with E-state index in [2.05, 4.69) is 17.2 Å². The van der Waals surface area contributed by atoms with Crippen LogP contribution in [0.1, 0.15) is 55.1 Å². The van der Waals surface area contributed by atoms with E-state index in [-0.39, 0.29) is 24.4 Å². The molecule has 1 atom stereocenters. The Bertz CT molecular complexity index is 710. The summed E-state index contributed by atoms with van der Waals surface area (Å²) in [5.41, 5.74) is 1.27. The van der Waals surface area contributed by atoms with Gasteiger partial charge in [0.15, 0.2) is 0 Å². The van der Waals surface area contributed by atoms with E-state index in [4.69, 9.17) is 4.74 Å². The maximum absolute atomic E-state index is 12.9. The number of carbonyl (C=O) groups excluding carboxylic acids is 1. The highest BCUT2D eigenvalue weighted by molar-refractivity contribution is 5.94. The summed E-state index contributed by atoms with van der Waals surface area (Å²) in [4.78, 5) is 16.7. The van der Waals surface area contributed by atoms with Crippen molar-refractivity contribution in [2.75, 3.05) is 0 Å². The predicted octanol–water partition coefficient (Wildman–Crippen LogP) is 4.50. The lowest BCUT2D eigenvalue weighted by molar-refractivity contribution is 0.0919. The lowest BCUT2D eigenvalue weighted by atomic mass is 9.84. The largest absolute Gasteiger partial charge is 0.487 e. The monoisotopic (exact) mass is 356 g/mol. The third kappa shape index (κ3) is 5.04. The van der Waals surface area contributed by atoms with Crippen molar-refractivity contribution in [3.8, 4) is 5.75 Å². The van der Waals surface area contributed by atoms with Crippen LogP contribution in [0.3, 0.4) is 0 Å². The van der Waals surface area contributed by atoms with Crippen molar-refractivity contribution < 1.29 is 13.9 Å². The number of carbonyl (C=O) groups is 1. The maximum Gasteiger partial charge on any atom is 0.253 e. The molecule has 0 radical (unpaired) electrons. The van der Waals surface area contributed by atoms with Gasteiger partial charge >= 0.3 is 0 Å². The Hall–Kier alpha value is -2.43. The zero-order valence-electron chi connectivity index (χ0n) is 15.1. The molecule has 5 heteroatoms. The average Bonchev–Trinajstić information content (AvgIpc) is 2.68. The molecular formula is C21H25FN2O2. The van der Waals surface area contributed by atoms with E-state index in [9.17, 15) is 9.18 Å². The molecule has 1 unspecified atom stereocenters. The van der Waals surface area contributed by atoms with Crippen LogP contribution in [0.15, 0.2) is 42.6 Å². The van der Waals surface area contributed by atoms with Crippen LogP contribution >= 0.6 is 0 Å². The van der Waals surface area contributed by atoms with Gasteiger partial charge in [-0.15, -0.1) is 0 Å². The molecule has 0 aliphatic heterocycles. The summed E-state index contributed by atoms with van der Waals surface area (Å²) in [6.07, 6.45) is 7.79. The van der Waals surface area contributed by atoms with Crippen molar-refractivity contribution in [2.24, 2.45) is 5.92 Å². The quantitative estimate of drug-likeness (QED) is 0.829. The highest BCUT2D eigenvalue weighted by Crippen LogP contribution is 2.26. The SMILES string of the molecule is CC(NC(=O)c1ccc(COc2ccc(F)cc2)nc1)C1CCCCC1. The molecule has 26 heavy (non-hydrogen) atoms. The van der Waals surface area contributed by atoms with Crippen molar-refractivity contribution in [2.45, 2.75) is 51.7 Å². The van der Waals surface area contributed by atoms with Gasteiger partial charge in [0.2, 0.25) is 0 Å². The maximum atomic E-state index is 12.9. The van der Waals surface area contributed by atoms with Crippen LogP contribution in [0.4, 0.5) is 4.39 Å². The van der Waals surface area contributed by atoms with Crippen LogP contribution in [0.25, 0.3) is 0 Å². The number of nitrogens with zero attached hydrogens (tertiary/aromatic N) is 1. The van der Waals surface area contributed by atoms with E-state index in [1.165, 1.54) is 44.2 Å². The smallest absolute Gasteiger partial charge is 0.253 e. The Labute approximate surface area is 153 Å². The number of halogens is 1. The minimum Gasteiger partial charge on any atom is -0.487 e. The molecule has 1 saturated carbocycles. The van der Waals surface area contributed by atoms with Gasteiger partial charge in [0.1, 0.15) is 18.2 Å². The molecule has 1 fully saturated rings. The van der Waals surface area contributed by atoms with Crippen LogP contribution < -0.4 is 10.1 Å². The molecule has 1 aliphatic rings. The molecule has 0 saturated heterocycles. The molecule has 1 amide bonds. The fraction of sp³-hybridized carbons (Fsp3) is 0.429. The summed E-state index contributed by atoms with van der Waals surface area (Å²) in [7, 11) is 0. The molecule has 1 heterocycles. The summed E-state index contributed by atoms with van der Waals surface area (Å²) < 4.78 is 18.4. The number of hydrogen-bond acceptors (Lipinski definition) is 3. The third-order valence-electron chi connectivity index (χ3n) is 5.00. The second-order valence-electron chi connectivity index (χ2n) is 6.94. The number of nitrogens with one attached hydrogen (secondary N) is 1. The van der Waals surface area contributed by atoms with E-state index < -0.39 is 0 Å². The Balaban J connectivity index is 1.51. The predicted molar refractivity (Wildman–Crippen MR) is 98.5 cm³/mol. The molecule has 4 nitrogen and oxygen atoms in total. The molecule has 3 rings (SSSR count). The highest BCUT2D eigenvalue weighted by Gasteiger charge is 2.21. The van der Waals surface area contributed by atoms with Gasteiger partial charge in [0.25, 0.3) is 5.91 Å². The molecule has 0 bridgehead atoms. The average molecular weight is 356 g/mol. The van der Waals surface area contributed by atoms with Gasteiger partial charge in [-0.2, -0.15) is 0 Å². The third-order valence-corrected chi connectivity index (χ3v) is 5.00. The van der Waals surface area contributed by atoms with Crippen LogP contribution in [-0.4, -0.2) is 16.9 Å². The van der Waals surface area contributed by atoms with Crippen LogP contribution in [-0.2, 0) is 6.61 Å². The first-order chi connectivity index (χ1) is 12.6. The summed E-state index contributed by atoms with van der Waals surface area (Å²) in [6.45, 7) is 2.36. The molecule has 2 aromatic rings. The van der Waals surface area contributed by atoms with Crippen LogP contribution in [0.5, 0.6) is 5.75 Å². The first kappa shape index (κ1) is 18.4. The fourth-order valence-electron chi connectivity index (χ4n) is 3.37. The van der Waals surface area contributed by atoms with Gasteiger partial charge in [-0.25, -0.2) is 4.39 Å². The van der Waals surface area contributed by atoms with Gasteiger partial charge in [-0.05, 0) is 62.1 Å². The van der Waals surface area contributed by atoms with E-state index in [1.807, 2.05) is 0 Å². The standard InChI is InChI=1S/C21H25FN2O2/c1-15(16-5-3-2-4-6-16)24-21(25)17-7-10-19(23-13-17)14-26-20-11-8-18(22)9-12-20/h7-13,15-16H,2-6,14H2,1H3,(H,24,25). The van der Waals surface area contributed by atoms with E-state index in [0.29, 0.717) is 22.9 Å². The molecule has 1 N–H and O–H groups in total. The minimum absolute atomic E-state index is 0.0819. The number of ether oxygens (including phenoxy) is 1. The van der Waals surface area contributed by atoms with Gasteiger partial charge < -0.3 is 10.1 Å². The lowest BCUT2D eigenvalue weighted by Gasteiger charge is -2.28. The summed E-state index contributed by atoms with van der Waals surface area (Å²) >= 11 is 0. The molecule has 138 valence electrons. The van der Waals surface area contributed by atoms with E-state index >= 15 is 0 Å². The fourth-order valence-corrected chi connectivity index (χ4v) is 3.37. The molecular weight excluding hydrogens is 331 g/mol. The van der Waals surface area contributed by atoms with E-state index in [0.717, 1.165) is 0 Å². The summed E-state index contributed by atoms with van der Waals surface area (Å²) in [5, 5.41) is 3.10. The molecule has 1 aliphatic carbocycles. The number of amides is 1. The minimum atomic E-state index is -0.298. The van der Waals surface area contributed by atoms with E-state index in [1.54, 1.807) is 30.5 Å². The van der Waals surface area contributed by atoms with Crippen LogP contribution in [0.2, 0.25) is 0 Å². The Morgan fingerprint density at radius 1 is 1.19 bits per heavy atom. The number of aromatic nitrogens is 1. The number of rotatable bonds is 6. The number of benzene rings is 1. The van der Waals surface area contributed by atoms with Crippen molar-refractivity contribution in [3.05, 3.63) is 59.7 Å². The van der Waals surface area contributed by atoms with Crippen molar-refractivity contribution in [1.29, 1.82) is 0 Å². The second kappa shape index (κ2) is 8.79. The van der Waals surface area contributed by atoms with Gasteiger partial charge in [-0.3, -0.25) is 9.78 Å². The zero-order valence-corrected chi connectivity index (χ0v) is 15.1. The first-order valence-electron chi connectivity index (χ1n) is 9.26. The molecule has 1 aromatic heterocycles. The Morgan fingerprint density at radius 2 is 1.92 bits per heavy atom. The summed E-state index contributed by atoms with van der Waals surface area (Å²) in [6, 6.07) is 9.58. The van der Waals surface area contributed by atoms with Gasteiger partial charge in [-0.1, -0.05) is 19.3 Å². The zero-order chi connectivity index (χ0) is 18.4. The topological polar surface area (TPSA) is 51.2 Å².